The zero-order valence-corrected chi connectivity index (χ0v) is 13.5. The number of amides is 2. The Balaban J connectivity index is 2.32. The maximum absolute atomic E-state index is 12.2. The molecule has 4 heteroatoms. The van der Waals surface area contributed by atoms with Crippen molar-refractivity contribution in [2.45, 2.75) is 6.92 Å². The van der Waals surface area contributed by atoms with Gasteiger partial charge in [0.2, 0.25) is 5.91 Å². The van der Waals surface area contributed by atoms with Gasteiger partial charge in [0.1, 0.15) is 0 Å². The van der Waals surface area contributed by atoms with Crippen molar-refractivity contribution in [2.75, 3.05) is 4.90 Å². The van der Waals surface area contributed by atoms with Gasteiger partial charge in [-0.3, -0.25) is 9.59 Å². The lowest BCUT2D eigenvalue weighted by molar-refractivity contribution is -0.122. The minimum absolute atomic E-state index is 0.355. The van der Waals surface area contributed by atoms with Crippen LogP contribution in [0.1, 0.15) is 12.5 Å². The number of hydrogen-bond acceptors (Lipinski definition) is 2. The standard InChI is InChI=1S/C17H12INO2/c1-13(20)19(16-10-6-5-9-15(16)18)17(21)12-11-14-7-3-2-4-8-14/h2-10H,1H3. The zero-order valence-electron chi connectivity index (χ0n) is 11.3. The predicted octanol–water partition coefficient (Wildman–Crippen LogP) is 3.22. The molecule has 0 saturated heterocycles. The van der Waals surface area contributed by atoms with Crippen LogP contribution in [0.3, 0.4) is 0 Å². The number of carbonyl (C=O) groups is 2. The second-order valence-corrected chi connectivity index (χ2v) is 5.39. The average molecular weight is 389 g/mol. The van der Waals surface area contributed by atoms with Crippen LogP contribution in [-0.4, -0.2) is 11.8 Å². The summed E-state index contributed by atoms with van der Waals surface area (Å²) in [4.78, 5) is 25.1. The first-order chi connectivity index (χ1) is 10.1. The number of hydrogen-bond donors (Lipinski definition) is 0. The molecule has 0 aliphatic carbocycles. The van der Waals surface area contributed by atoms with Crippen molar-refractivity contribution in [2.24, 2.45) is 0 Å². The van der Waals surface area contributed by atoms with E-state index in [1.54, 1.807) is 12.1 Å². The highest BCUT2D eigenvalue weighted by Gasteiger charge is 2.20. The minimum Gasteiger partial charge on any atom is -0.274 e. The Bertz CT molecular complexity index is 729. The Hall–Kier alpha value is -2.13. The lowest BCUT2D eigenvalue weighted by Crippen LogP contribution is -2.34. The van der Waals surface area contributed by atoms with E-state index in [1.807, 2.05) is 42.5 Å². The summed E-state index contributed by atoms with van der Waals surface area (Å²) in [5.74, 6) is 4.40. The second-order valence-electron chi connectivity index (χ2n) is 4.23. The molecular weight excluding hydrogens is 377 g/mol. The number of anilines is 1. The van der Waals surface area contributed by atoms with Gasteiger partial charge in [0.15, 0.2) is 0 Å². The fourth-order valence-corrected chi connectivity index (χ4v) is 2.39. The summed E-state index contributed by atoms with van der Waals surface area (Å²) in [5, 5.41) is 0. The summed E-state index contributed by atoms with van der Waals surface area (Å²) >= 11 is 2.09. The highest BCUT2D eigenvalue weighted by molar-refractivity contribution is 14.1. The SMILES string of the molecule is CC(=O)N(C(=O)C#Cc1ccccc1)c1ccccc1I. The van der Waals surface area contributed by atoms with Gasteiger partial charge in [-0.25, -0.2) is 4.90 Å². The topological polar surface area (TPSA) is 37.4 Å². The number of para-hydroxylation sites is 1. The van der Waals surface area contributed by atoms with E-state index in [4.69, 9.17) is 0 Å². The Morgan fingerprint density at radius 3 is 2.24 bits per heavy atom. The molecular formula is C17H12INO2. The third-order valence-electron chi connectivity index (χ3n) is 2.70. The molecule has 0 fully saturated rings. The minimum atomic E-state index is -0.532. The van der Waals surface area contributed by atoms with Crippen LogP contribution >= 0.6 is 22.6 Å². The van der Waals surface area contributed by atoms with Gasteiger partial charge in [-0.1, -0.05) is 36.3 Å². The normalized spacial score (nSPS) is 9.43. The third-order valence-corrected chi connectivity index (χ3v) is 3.61. The Labute approximate surface area is 137 Å². The predicted molar refractivity (Wildman–Crippen MR) is 90.6 cm³/mol. The van der Waals surface area contributed by atoms with E-state index < -0.39 is 5.91 Å². The maximum Gasteiger partial charge on any atom is 0.310 e. The lowest BCUT2D eigenvalue weighted by Gasteiger charge is -2.17. The number of nitrogens with zero attached hydrogens (tertiary/aromatic N) is 1. The van der Waals surface area contributed by atoms with Gasteiger partial charge in [-0.15, -0.1) is 0 Å². The van der Waals surface area contributed by atoms with Crippen molar-refractivity contribution >= 4 is 40.1 Å². The average Bonchev–Trinajstić information content (AvgIpc) is 2.48. The number of halogens is 1. The summed E-state index contributed by atoms with van der Waals surface area (Å²) in [5.41, 5.74) is 1.29. The summed E-state index contributed by atoms with van der Waals surface area (Å²) < 4.78 is 0.820. The van der Waals surface area contributed by atoms with Crippen molar-refractivity contribution < 1.29 is 9.59 Å². The molecule has 0 aliphatic rings. The highest BCUT2D eigenvalue weighted by Crippen LogP contribution is 2.22. The first-order valence-electron chi connectivity index (χ1n) is 6.26. The van der Waals surface area contributed by atoms with Crippen LogP contribution < -0.4 is 4.90 Å². The van der Waals surface area contributed by atoms with Crippen LogP contribution in [0.2, 0.25) is 0 Å². The number of imide groups is 1. The van der Waals surface area contributed by atoms with E-state index in [2.05, 4.69) is 34.4 Å². The van der Waals surface area contributed by atoms with Gasteiger partial charge in [-0.2, -0.15) is 0 Å². The Morgan fingerprint density at radius 2 is 1.62 bits per heavy atom. The second kappa shape index (κ2) is 7.04. The zero-order chi connectivity index (χ0) is 15.2. The van der Waals surface area contributed by atoms with E-state index in [9.17, 15) is 9.59 Å². The number of carbonyl (C=O) groups excluding carboxylic acids is 2. The smallest absolute Gasteiger partial charge is 0.274 e. The van der Waals surface area contributed by atoms with E-state index in [0.29, 0.717) is 5.69 Å². The fourth-order valence-electron chi connectivity index (χ4n) is 1.76. The molecule has 0 aromatic heterocycles. The largest absolute Gasteiger partial charge is 0.310 e. The van der Waals surface area contributed by atoms with Gasteiger partial charge in [0.25, 0.3) is 0 Å². The molecule has 104 valence electrons. The number of benzene rings is 2. The van der Waals surface area contributed by atoms with Crippen molar-refractivity contribution in [3.63, 3.8) is 0 Å². The van der Waals surface area contributed by atoms with Crippen LogP contribution in [0.4, 0.5) is 5.69 Å². The molecule has 0 N–H and O–H groups in total. The Kier molecular flexibility index (Phi) is 5.12. The molecule has 0 unspecified atom stereocenters. The molecule has 2 rings (SSSR count). The molecule has 0 aliphatic heterocycles. The molecule has 2 aromatic rings. The van der Waals surface area contributed by atoms with Crippen LogP contribution in [0.15, 0.2) is 54.6 Å². The molecule has 0 bridgehead atoms. The molecule has 0 heterocycles. The van der Waals surface area contributed by atoms with Crippen molar-refractivity contribution in [1.82, 2.24) is 0 Å². The summed E-state index contributed by atoms with van der Waals surface area (Å²) in [6, 6.07) is 16.4. The monoisotopic (exact) mass is 389 g/mol. The summed E-state index contributed by atoms with van der Waals surface area (Å²) in [6.45, 7) is 1.35. The van der Waals surface area contributed by atoms with Gasteiger partial charge >= 0.3 is 5.91 Å². The van der Waals surface area contributed by atoms with E-state index in [-0.39, 0.29) is 5.91 Å². The van der Waals surface area contributed by atoms with Gasteiger partial charge < -0.3 is 0 Å². The van der Waals surface area contributed by atoms with E-state index in [0.717, 1.165) is 14.0 Å². The van der Waals surface area contributed by atoms with Gasteiger partial charge in [-0.05, 0) is 46.9 Å². The first-order valence-corrected chi connectivity index (χ1v) is 7.33. The van der Waals surface area contributed by atoms with Crippen LogP contribution in [0.25, 0.3) is 0 Å². The van der Waals surface area contributed by atoms with Gasteiger partial charge in [0, 0.05) is 22.0 Å². The molecule has 2 aromatic carbocycles. The third kappa shape index (κ3) is 3.92. The molecule has 0 atom stereocenters. The number of rotatable bonds is 1. The first kappa shape index (κ1) is 15.3. The van der Waals surface area contributed by atoms with Crippen molar-refractivity contribution in [3.05, 3.63) is 63.7 Å². The summed E-state index contributed by atoms with van der Waals surface area (Å²) in [6.07, 6.45) is 0. The van der Waals surface area contributed by atoms with E-state index >= 15 is 0 Å². The van der Waals surface area contributed by atoms with Crippen LogP contribution in [0, 0.1) is 15.4 Å². The van der Waals surface area contributed by atoms with E-state index in [1.165, 1.54) is 6.92 Å². The maximum atomic E-state index is 12.2. The quantitative estimate of drug-likeness (QED) is 0.555. The molecule has 21 heavy (non-hydrogen) atoms. The van der Waals surface area contributed by atoms with Gasteiger partial charge in [0.05, 0.1) is 5.69 Å². The Morgan fingerprint density at radius 1 is 1.00 bits per heavy atom. The van der Waals surface area contributed by atoms with Crippen LogP contribution in [0.5, 0.6) is 0 Å². The van der Waals surface area contributed by atoms with Crippen molar-refractivity contribution in [1.29, 1.82) is 0 Å². The molecule has 0 radical (unpaired) electrons. The molecule has 2 amide bonds. The fraction of sp³-hybridized carbons (Fsp3) is 0.0588. The molecule has 3 nitrogen and oxygen atoms in total. The summed E-state index contributed by atoms with van der Waals surface area (Å²) in [7, 11) is 0. The molecule has 0 saturated carbocycles. The molecule has 0 spiro atoms. The lowest BCUT2D eigenvalue weighted by atomic mass is 10.2. The van der Waals surface area contributed by atoms with Crippen LogP contribution in [-0.2, 0) is 9.59 Å². The highest BCUT2D eigenvalue weighted by atomic mass is 127. The van der Waals surface area contributed by atoms with Crippen molar-refractivity contribution in [3.8, 4) is 11.8 Å².